The summed E-state index contributed by atoms with van der Waals surface area (Å²) in [5.41, 5.74) is 11.9. The quantitative estimate of drug-likeness (QED) is 0.658. The molecule has 1 fully saturated rings. The Morgan fingerprint density at radius 2 is 1.84 bits per heavy atom. The van der Waals surface area contributed by atoms with Gasteiger partial charge in [-0.3, -0.25) is 0 Å². The fourth-order valence-electron chi connectivity index (χ4n) is 3.56. The van der Waals surface area contributed by atoms with Crippen molar-refractivity contribution in [2.75, 3.05) is 13.1 Å². The third kappa shape index (κ3) is 5.27. The van der Waals surface area contributed by atoms with Crippen LogP contribution in [0.4, 0.5) is 0 Å². The van der Waals surface area contributed by atoms with Crippen molar-refractivity contribution in [3.8, 4) is 0 Å². The Hall–Kier alpha value is -0.340. The van der Waals surface area contributed by atoms with E-state index in [2.05, 4.69) is 20.4 Å². The molecule has 0 aliphatic heterocycles. The largest absolute Gasteiger partial charge is 0.330 e. The molecule has 0 spiro atoms. The lowest BCUT2D eigenvalue weighted by Crippen LogP contribution is -2.30. The van der Waals surface area contributed by atoms with Gasteiger partial charge in [0.15, 0.2) is 0 Å². The predicted octanol–water partition coefficient (Wildman–Crippen LogP) is 3.71. The first-order valence-corrected chi connectivity index (χ1v) is 8.06. The van der Waals surface area contributed by atoms with Crippen LogP contribution in [0.1, 0.15) is 58.8 Å². The molecule has 0 radical (unpaired) electrons. The van der Waals surface area contributed by atoms with Gasteiger partial charge in [0.2, 0.25) is 0 Å². The van der Waals surface area contributed by atoms with Gasteiger partial charge in [-0.05, 0) is 68.4 Å². The smallest absolute Gasteiger partial charge is 0.00143 e. The summed E-state index contributed by atoms with van der Waals surface area (Å²) in [5, 5.41) is 0. The molecule has 1 saturated carbocycles. The van der Waals surface area contributed by atoms with E-state index >= 15 is 0 Å². The van der Waals surface area contributed by atoms with Gasteiger partial charge in [0.25, 0.3) is 0 Å². The van der Waals surface area contributed by atoms with E-state index in [1.807, 2.05) is 6.08 Å². The van der Waals surface area contributed by atoms with E-state index < -0.39 is 0 Å². The highest BCUT2D eigenvalue weighted by atomic mass is 14.5. The van der Waals surface area contributed by atoms with Gasteiger partial charge >= 0.3 is 0 Å². The third-order valence-corrected chi connectivity index (χ3v) is 5.32. The second-order valence-corrected chi connectivity index (χ2v) is 7.05. The molecule has 1 aliphatic carbocycles. The van der Waals surface area contributed by atoms with Crippen molar-refractivity contribution in [3.05, 3.63) is 12.7 Å². The monoisotopic (exact) mass is 266 g/mol. The van der Waals surface area contributed by atoms with Gasteiger partial charge in [0.1, 0.15) is 0 Å². The van der Waals surface area contributed by atoms with E-state index in [1.165, 1.54) is 44.9 Å². The number of nitrogens with two attached hydrogens (primary N) is 2. The molecule has 0 saturated heterocycles. The van der Waals surface area contributed by atoms with Crippen molar-refractivity contribution in [1.82, 2.24) is 0 Å². The van der Waals surface area contributed by atoms with Gasteiger partial charge in [-0.25, -0.2) is 0 Å². The summed E-state index contributed by atoms with van der Waals surface area (Å²) in [7, 11) is 0. The maximum atomic E-state index is 5.76. The molecule has 0 amide bonds. The fourth-order valence-corrected chi connectivity index (χ4v) is 3.56. The molecule has 1 atom stereocenters. The first kappa shape index (κ1) is 16.7. The standard InChI is InChI=1S/C17H34N2/c1-4-14(13-19)9-11-17(2,3)16-7-5-15(6-8-16)10-12-18/h4,14-16H,1,5-13,18-19H2,2-3H3. The van der Waals surface area contributed by atoms with E-state index in [-0.39, 0.29) is 0 Å². The van der Waals surface area contributed by atoms with Crippen molar-refractivity contribution >= 4 is 0 Å². The van der Waals surface area contributed by atoms with Crippen molar-refractivity contribution in [2.24, 2.45) is 34.6 Å². The van der Waals surface area contributed by atoms with Crippen molar-refractivity contribution in [1.29, 1.82) is 0 Å². The number of hydrogen-bond donors (Lipinski definition) is 2. The van der Waals surface area contributed by atoms with Crippen LogP contribution >= 0.6 is 0 Å². The Bertz CT molecular complexity index is 252. The van der Waals surface area contributed by atoms with Crippen LogP contribution in [0, 0.1) is 23.2 Å². The topological polar surface area (TPSA) is 52.0 Å². The Balaban J connectivity index is 2.39. The van der Waals surface area contributed by atoms with Gasteiger partial charge < -0.3 is 11.5 Å². The van der Waals surface area contributed by atoms with Crippen molar-refractivity contribution in [3.63, 3.8) is 0 Å². The van der Waals surface area contributed by atoms with Crippen LogP contribution < -0.4 is 11.5 Å². The molecule has 0 aromatic rings. The summed E-state index contributed by atoms with van der Waals surface area (Å²) in [6.07, 6.45) is 11.2. The Morgan fingerprint density at radius 1 is 1.21 bits per heavy atom. The lowest BCUT2D eigenvalue weighted by atomic mass is 9.66. The lowest BCUT2D eigenvalue weighted by Gasteiger charge is -2.40. The van der Waals surface area contributed by atoms with Crippen LogP contribution in [-0.4, -0.2) is 13.1 Å². The van der Waals surface area contributed by atoms with Gasteiger partial charge in [-0.15, -0.1) is 6.58 Å². The second kappa shape index (κ2) is 8.06. The molecule has 1 unspecified atom stereocenters. The highest BCUT2D eigenvalue weighted by molar-refractivity contribution is 4.87. The summed E-state index contributed by atoms with van der Waals surface area (Å²) in [4.78, 5) is 0. The van der Waals surface area contributed by atoms with Crippen LogP contribution in [-0.2, 0) is 0 Å². The zero-order chi connectivity index (χ0) is 14.3. The SMILES string of the molecule is C=CC(CN)CCC(C)(C)C1CCC(CCN)CC1. The molecule has 0 heterocycles. The second-order valence-electron chi connectivity index (χ2n) is 7.05. The highest BCUT2D eigenvalue weighted by Gasteiger charge is 2.32. The molecule has 112 valence electrons. The van der Waals surface area contributed by atoms with E-state index in [0.717, 1.165) is 24.9 Å². The van der Waals surface area contributed by atoms with Gasteiger partial charge in [-0.2, -0.15) is 0 Å². The molecular formula is C17H34N2. The number of hydrogen-bond acceptors (Lipinski definition) is 2. The minimum atomic E-state index is 0.449. The molecule has 19 heavy (non-hydrogen) atoms. The van der Waals surface area contributed by atoms with Crippen LogP contribution in [0.25, 0.3) is 0 Å². The third-order valence-electron chi connectivity index (χ3n) is 5.32. The zero-order valence-corrected chi connectivity index (χ0v) is 13.0. The van der Waals surface area contributed by atoms with E-state index in [9.17, 15) is 0 Å². The molecule has 0 bridgehead atoms. The molecule has 2 heteroatoms. The maximum absolute atomic E-state index is 5.76. The fraction of sp³-hybridized carbons (Fsp3) is 0.882. The normalized spacial score (nSPS) is 26.1. The molecule has 4 N–H and O–H groups in total. The molecular weight excluding hydrogens is 232 g/mol. The Kier molecular flexibility index (Phi) is 7.09. The Morgan fingerprint density at radius 3 is 2.32 bits per heavy atom. The van der Waals surface area contributed by atoms with Gasteiger partial charge in [0.05, 0.1) is 0 Å². The highest BCUT2D eigenvalue weighted by Crippen LogP contribution is 2.43. The van der Waals surface area contributed by atoms with Gasteiger partial charge in [-0.1, -0.05) is 32.8 Å². The van der Waals surface area contributed by atoms with Crippen LogP contribution in [0.3, 0.4) is 0 Å². The first-order chi connectivity index (χ1) is 9.03. The van der Waals surface area contributed by atoms with Crippen LogP contribution in [0.15, 0.2) is 12.7 Å². The van der Waals surface area contributed by atoms with E-state index in [4.69, 9.17) is 11.5 Å². The summed E-state index contributed by atoms with van der Waals surface area (Å²) < 4.78 is 0. The van der Waals surface area contributed by atoms with Crippen molar-refractivity contribution < 1.29 is 0 Å². The van der Waals surface area contributed by atoms with Crippen LogP contribution in [0.2, 0.25) is 0 Å². The summed E-state index contributed by atoms with van der Waals surface area (Å²) >= 11 is 0. The molecule has 0 aromatic heterocycles. The maximum Gasteiger partial charge on any atom is -0.00143 e. The molecule has 0 aromatic carbocycles. The Labute approximate surface area is 120 Å². The van der Waals surface area contributed by atoms with E-state index in [0.29, 0.717) is 11.3 Å². The molecule has 1 rings (SSSR count). The van der Waals surface area contributed by atoms with Crippen molar-refractivity contribution in [2.45, 2.75) is 58.8 Å². The minimum Gasteiger partial charge on any atom is -0.330 e. The van der Waals surface area contributed by atoms with E-state index in [1.54, 1.807) is 0 Å². The molecule has 1 aliphatic rings. The average Bonchev–Trinajstić information content (AvgIpc) is 2.41. The predicted molar refractivity (Wildman–Crippen MR) is 84.9 cm³/mol. The average molecular weight is 266 g/mol. The lowest BCUT2D eigenvalue weighted by molar-refractivity contribution is 0.115. The first-order valence-electron chi connectivity index (χ1n) is 8.06. The van der Waals surface area contributed by atoms with Crippen LogP contribution in [0.5, 0.6) is 0 Å². The summed E-state index contributed by atoms with van der Waals surface area (Å²) in [6, 6.07) is 0. The van der Waals surface area contributed by atoms with Gasteiger partial charge in [0, 0.05) is 0 Å². The minimum absolute atomic E-state index is 0.449. The summed E-state index contributed by atoms with van der Waals surface area (Å²) in [5.74, 6) is 2.26. The summed E-state index contributed by atoms with van der Waals surface area (Å²) in [6.45, 7) is 10.4. The number of rotatable bonds is 8. The zero-order valence-electron chi connectivity index (χ0n) is 13.0. The molecule has 2 nitrogen and oxygen atoms in total.